The topological polar surface area (TPSA) is 58.0 Å². The highest BCUT2D eigenvalue weighted by molar-refractivity contribution is 6.32. The van der Waals surface area contributed by atoms with Gasteiger partial charge in [0.25, 0.3) is 0 Å². The van der Waals surface area contributed by atoms with Gasteiger partial charge in [0.2, 0.25) is 0 Å². The van der Waals surface area contributed by atoms with Gasteiger partial charge in [0.1, 0.15) is 17.2 Å². The third-order valence-electron chi connectivity index (χ3n) is 1.52. The molecular weight excluding hydrogens is 190 g/mol. The maximum Gasteiger partial charge on any atom is 0.148 e. The van der Waals surface area contributed by atoms with Crippen LogP contribution in [0, 0.1) is 0 Å². The number of hydrogen-bond acceptors (Lipinski definition) is 4. The average Bonchev–Trinajstić information content (AvgIpc) is 2.08. The summed E-state index contributed by atoms with van der Waals surface area (Å²) in [6.45, 7) is 2.39. The van der Waals surface area contributed by atoms with Gasteiger partial charge in [-0.05, 0) is 13.3 Å². The Morgan fingerprint density at radius 3 is 3.08 bits per heavy atom. The number of aliphatic hydroxyl groups excluding tert-OH is 1. The van der Waals surface area contributed by atoms with Crippen LogP contribution in [0.3, 0.4) is 0 Å². The van der Waals surface area contributed by atoms with Crippen LogP contribution >= 0.6 is 11.6 Å². The molecule has 0 aliphatic heterocycles. The summed E-state index contributed by atoms with van der Waals surface area (Å²) in [6, 6.07) is 0. The second kappa shape index (κ2) is 4.99. The fourth-order valence-electron chi connectivity index (χ4n) is 0.842. The maximum absolute atomic E-state index is 8.99. The van der Waals surface area contributed by atoms with Crippen LogP contribution in [0.1, 0.15) is 13.3 Å². The predicted octanol–water partition coefficient (Wildman–Crippen LogP) is 1.31. The highest BCUT2D eigenvalue weighted by Gasteiger charge is 2.00. The minimum absolute atomic E-state index is 0.312. The van der Waals surface area contributed by atoms with Crippen molar-refractivity contribution < 1.29 is 5.11 Å². The van der Waals surface area contributed by atoms with Crippen LogP contribution < -0.4 is 5.32 Å². The molecule has 1 aromatic heterocycles. The molecule has 0 fully saturated rings. The number of anilines is 1. The summed E-state index contributed by atoms with van der Waals surface area (Å²) in [6.07, 6.45) is 3.31. The lowest BCUT2D eigenvalue weighted by Crippen LogP contribution is -2.10. The summed E-state index contributed by atoms with van der Waals surface area (Å²) in [5, 5.41) is 12.5. The standard InChI is InChI=1S/C8H12ClN3O/c1-6(13)2-3-11-8-7(9)4-10-5-12-8/h4-6,13H,2-3H2,1H3,(H,10,11,12)/t6-/m1/s1. The van der Waals surface area contributed by atoms with Crippen LogP contribution in [0.5, 0.6) is 0 Å². The van der Waals surface area contributed by atoms with E-state index in [9.17, 15) is 0 Å². The highest BCUT2D eigenvalue weighted by atomic mass is 35.5. The molecular formula is C8H12ClN3O. The van der Waals surface area contributed by atoms with Crippen LogP contribution in [0.2, 0.25) is 5.02 Å². The second-order valence-corrected chi connectivity index (χ2v) is 3.19. The SMILES string of the molecule is C[C@@H](O)CCNc1ncncc1Cl. The Morgan fingerprint density at radius 1 is 1.69 bits per heavy atom. The zero-order chi connectivity index (χ0) is 9.68. The number of aromatic nitrogens is 2. The lowest BCUT2D eigenvalue weighted by Gasteiger charge is -2.07. The van der Waals surface area contributed by atoms with E-state index in [0.29, 0.717) is 23.8 Å². The first-order chi connectivity index (χ1) is 6.20. The fourth-order valence-corrected chi connectivity index (χ4v) is 1.01. The van der Waals surface area contributed by atoms with Crippen molar-refractivity contribution >= 4 is 17.4 Å². The molecule has 2 N–H and O–H groups in total. The summed E-state index contributed by atoms with van der Waals surface area (Å²) >= 11 is 5.79. The van der Waals surface area contributed by atoms with Crippen molar-refractivity contribution in [3.63, 3.8) is 0 Å². The molecule has 0 aliphatic carbocycles. The summed E-state index contributed by atoms with van der Waals surface area (Å²) in [7, 11) is 0. The molecule has 5 heteroatoms. The van der Waals surface area contributed by atoms with E-state index < -0.39 is 0 Å². The highest BCUT2D eigenvalue weighted by Crippen LogP contribution is 2.15. The van der Waals surface area contributed by atoms with E-state index in [1.807, 2.05) is 0 Å². The molecule has 0 radical (unpaired) electrons. The van der Waals surface area contributed by atoms with Gasteiger partial charge >= 0.3 is 0 Å². The molecule has 0 spiro atoms. The van der Waals surface area contributed by atoms with E-state index in [1.165, 1.54) is 12.5 Å². The van der Waals surface area contributed by atoms with Crippen molar-refractivity contribution in [3.8, 4) is 0 Å². The lowest BCUT2D eigenvalue weighted by atomic mass is 10.3. The molecule has 1 heterocycles. The smallest absolute Gasteiger partial charge is 0.148 e. The minimum atomic E-state index is -0.312. The van der Waals surface area contributed by atoms with E-state index in [0.717, 1.165) is 0 Å². The molecule has 0 aliphatic rings. The van der Waals surface area contributed by atoms with Gasteiger partial charge < -0.3 is 10.4 Å². The Labute approximate surface area is 82.0 Å². The summed E-state index contributed by atoms with van der Waals surface area (Å²) in [5.41, 5.74) is 0. The third kappa shape index (κ3) is 3.57. The van der Waals surface area contributed by atoms with Crippen molar-refractivity contribution in [2.24, 2.45) is 0 Å². The Balaban J connectivity index is 2.41. The molecule has 1 atom stereocenters. The zero-order valence-corrected chi connectivity index (χ0v) is 8.12. The summed E-state index contributed by atoms with van der Waals surface area (Å²) < 4.78 is 0. The number of rotatable bonds is 4. The van der Waals surface area contributed by atoms with E-state index >= 15 is 0 Å². The van der Waals surface area contributed by atoms with E-state index in [2.05, 4.69) is 15.3 Å². The maximum atomic E-state index is 8.99. The second-order valence-electron chi connectivity index (χ2n) is 2.78. The Bertz CT molecular complexity index is 267. The summed E-state index contributed by atoms with van der Waals surface area (Å²) in [4.78, 5) is 7.69. The van der Waals surface area contributed by atoms with Crippen molar-refractivity contribution in [1.82, 2.24) is 9.97 Å². The van der Waals surface area contributed by atoms with Crippen LogP contribution in [0.4, 0.5) is 5.82 Å². The van der Waals surface area contributed by atoms with Gasteiger partial charge in [-0.15, -0.1) is 0 Å². The molecule has 0 saturated carbocycles. The van der Waals surface area contributed by atoms with E-state index in [1.54, 1.807) is 6.92 Å². The van der Waals surface area contributed by atoms with Crippen molar-refractivity contribution in [1.29, 1.82) is 0 Å². The average molecular weight is 202 g/mol. The molecule has 0 saturated heterocycles. The van der Waals surface area contributed by atoms with Crippen molar-refractivity contribution in [2.75, 3.05) is 11.9 Å². The molecule has 4 nitrogen and oxygen atoms in total. The van der Waals surface area contributed by atoms with Gasteiger partial charge in [-0.2, -0.15) is 0 Å². The Morgan fingerprint density at radius 2 is 2.46 bits per heavy atom. The van der Waals surface area contributed by atoms with Crippen LogP contribution in [-0.2, 0) is 0 Å². The minimum Gasteiger partial charge on any atom is -0.393 e. The van der Waals surface area contributed by atoms with Crippen LogP contribution in [0.25, 0.3) is 0 Å². The molecule has 13 heavy (non-hydrogen) atoms. The zero-order valence-electron chi connectivity index (χ0n) is 7.37. The van der Waals surface area contributed by atoms with Gasteiger partial charge in [-0.3, -0.25) is 0 Å². The molecule has 0 unspecified atom stereocenters. The number of nitrogens with zero attached hydrogens (tertiary/aromatic N) is 2. The van der Waals surface area contributed by atoms with Crippen LogP contribution in [0.15, 0.2) is 12.5 Å². The molecule has 0 bridgehead atoms. The number of hydrogen-bond donors (Lipinski definition) is 2. The molecule has 0 amide bonds. The lowest BCUT2D eigenvalue weighted by molar-refractivity contribution is 0.188. The van der Waals surface area contributed by atoms with E-state index in [-0.39, 0.29) is 6.10 Å². The Hall–Kier alpha value is -0.870. The summed E-state index contributed by atoms with van der Waals surface area (Å²) in [5.74, 6) is 0.609. The van der Waals surface area contributed by atoms with Crippen molar-refractivity contribution in [3.05, 3.63) is 17.5 Å². The van der Waals surface area contributed by atoms with Gasteiger partial charge in [-0.25, -0.2) is 9.97 Å². The molecule has 1 aromatic rings. The third-order valence-corrected chi connectivity index (χ3v) is 1.80. The predicted molar refractivity (Wildman–Crippen MR) is 51.8 cm³/mol. The largest absolute Gasteiger partial charge is 0.393 e. The molecule has 72 valence electrons. The number of nitrogens with one attached hydrogen (secondary N) is 1. The first-order valence-corrected chi connectivity index (χ1v) is 4.45. The quantitative estimate of drug-likeness (QED) is 0.772. The fraction of sp³-hybridized carbons (Fsp3) is 0.500. The van der Waals surface area contributed by atoms with Crippen molar-refractivity contribution in [2.45, 2.75) is 19.4 Å². The first-order valence-electron chi connectivity index (χ1n) is 4.07. The van der Waals surface area contributed by atoms with Gasteiger partial charge in [0.15, 0.2) is 0 Å². The molecule has 0 aromatic carbocycles. The molecule has 1 rings (SSSR count). The first kappa shape index (κ1) is 10.2. The van der Waals surface area contributed by atoms with E-state index in [4.69, 9.17) is 16.7 Å². The number of halogens is 1. The van der Waals surface area contributed by atoms with Gasteiger partial charge in [-0.1, -0.05) is 11.6 Å². The normalized spacial score (nSPS) is 12.5. The monoisotopic (exact) mass is 201 g/mol. The number of aliphatic hydroxyl groups is 1. The van der Waals surface area contributed by atoms with Gasteiger partial charge in [0.05, 0.1) is 12.3 Å². The Kier molecular flexibility index (Phi) is 3.92. The van der Waals surface area contributed by atoms with Crippen LogP contribution in [-0.4, -0.2) is 27.7 Å². The van der Waals surface area contributed by atoms with Gasteiger partial charge in [0, 0.05) is 6.54 Å².